The normalized spacial score (nSPS) is 21.1. The molecule has 0 bridgehead atoms. The van der Waals surface area contributed by atoms with Crippen LogP contribution in [0.25, 0.3) is 0 Å². The van der Waals surface area contributed by atoms with Crippen LogP contribution in [0.1, 0.15) is 24.6 Å². The van der Waals surface area contributed by atoms with Gasteiger partial charge in [0, 0.05) is 32.1 Å². The van der Waals surface area contributed by atoms with Gasteiger partial charge in [0.05, 0.1) is 6.20 Å². The summed E-state index contributed by atoms with van der Waals surface area (Å²) < 4.78 is 0. The molecule has 0 spiro atoms. The van der Waals surface area contributed by atoms with Crippen LogP contribution < -0.4 is 10.2 Å². The van der Waals surface area contributed by atoms with Gasteiger partial charge in [-0.2, -0.15) is 0 Å². The standard InChI is InChI=1S/C11H16N4O/c16-9-7-13-10(8-1-2-8)14-11(9)15-5-3-12-4-6-15/h7-8,12,16H,1-6H2. The van der Waals surface area contributed by atoms with Crippen LogP contribution >= 0.6 is 0 Å². The zero-order valence-electron chi connectivity index (χ0n) is 9.19. The van der Waals surface area contributed by atoms with E-state index in [-0.39, 0.29) is 5.75 Å². The van der Waals surface area contributed by atoms with Gasteiger partial charge in [-0.1, -0.05) is 0 Å². The highest BCUT2D eigenvalue weighted by Crippen LogP contribution is 2.39. The van der Waals surface area contributed by atoms with E-state index in [0.29, 0.717) is 11.7 Å². The van der Waals surface area contributed by atoms with Crippen LogP contribution in [0.4, 0.5) is 5.82 Å². The first-order valence-electron chi connectivity index (χ1n) is 5.86. The quantitative estimate of drug-likeness (QED) is 0.758. The molecule has 1 saturated carbocycles. The van der Waals surface area contributed by atoms with E-state index in [9.17, 15) is 5.11 Å². The van der Waals surface area contributed by atoms with E-state index < -0.39 is 0 Å². The lowest BCUT2D eigenvalue weighted by molar-refractivity contribution is 0.462. The monoisotopic (exact) mass is 220 g/mol. The second-order valence-corrected chi connectivity index (χ2v) is 4.45. The molecule has 2 aliphatic rings. The first kappa shape index (κ1) is 9.84. The van der Waals surface area contributed by atoms with E-state index in [2.05, 4.69) is 20.2 Å². The van der Waals surface area contributed by atoms with Crippen molar-refractivity contribution in [3.63, 3.8) is 0 Å². The molecule has 0 radical (unpaired) electrons. The summed E-state index contributed by atoms with van der Waals surface area (Å²) in [4.78, 5) is 10.8. The Balaban J connectivity index is 1.88. The van der Waals surface area contributed by atoms with Crippen LogP contribution in [-0.2, 0) is 0 Å². The second kappa shape index (κ2) is 3.90. The third-order valence-corrected chi connectivity index (χ3v) is 3.13. The summed E-state index contributed by atoms with van der Waals surface area (Å²) in [6, 6.07) is 0. The average Bonchev–Trinajstić information content (AvgIpc) is 3.15. The van der Waals surface area contributed by atoms with Crippen LogP contribution in [-0.4, -0.2) is 41.3 Å². The molecule has 2 heterocycles. The first-order valence-corrected chi connectivity index (χ1v) is 5.86. The minimum atomic E-state index is 0.200. The molecule has 5 heteroatoms. The Morgan fingerprint density at radius 3 is 2.75 bits per heavy atom. The van der Waals surface area contributed by atoms with Gasteiger partial charge in [0.1, 0.15) is 5.82 Å². The largest absolute Gasteiger partial charge is 0.503 e. The molecule has 3 rings (SSSR count). The van der Waals surface area contributed by atoms with E-state index in [1.807, 2.05) is 0 Å². The molecule has 1 aliphatic carbocycles. The van der Waals surface area contributed by atoms with Crippen molar-refractivity contribution in [1.29, 1.82) is 0 Å². The maximum atomic E-state index is 9.80. The number of rotatable bonds is 2. The molecule has 2 N–H and O–H groups in total. The molecule has 0 amide bonds. The van der Waals surface area contributed by atoms with Crippen molar-refractivity contribution in [2.75, 3.05) is 31.1 Å². The Bertz CT molecular complexity index is 386. The van der Waals surface area contributed by atoms with Crippen molar-refractivity contribution >= 4 is 5.82 Å². The fourth-order valence-electron chi connectivity index (χ4n) is 2.03. The van der Waals surface area contributed by atoms with Gasteiger partial charge in [-0.25, -0.2) is 9.97 Å². The third-order valence-electron chi connectivity index (χ3n) is 3.13. The highest BCUT2D eigenvalue weighted by Gasteiger charge is 2.28. The lowest BCUT2D eigenvalue weighted by atomic mass is 10.3. The van der Waals surface area contributed by atoms with E-state index in [1.54, 1.807) is 0 Å². The van der Waals surface area contributed by atoms with Crippen molar-refractivity contribution in [2.45, 2.75) is 18.8 Å². The van der Waals surface area contributed by atoms with Gasteiger partial charge >= 0.3 is 0 Å². The molecule has 1 aromatic rings. The fraction of sp³-hybridized carbons (Fsp3) is 0.636. The Morgan fingerprint density at radius 1 is 1.31 bits per heavy atom. The predicted octanol–water partition coefficient (Wildman–Crippen LogP) is 0.469. The number of hydrogen-bond acceptors (Lipinski definition) is 5. The summed E-state index contributed by atoms with van der Waals surface area (Å²) >= 11 is 0. The average molecular weight is 220 g/mol. The number of piperazine rings is 1. The van der Waals surface area contributed by atoms with Crippen molar-refractivity contribution in [1.82, 2.24) is 15.3 Å². The lowest BCUT2D eigenvalue weighted by Gasteiger charge is -2.28. The predicted molar refractivity (Wildman–Crippen MR) is 60.8 cm³/mol. The van der Waals surface area contributed by atoms with Gasteiger partial charge in [-0.15, -0.1) is 0 Å². The number of aromatic hydroxyl groups is 1. The number of anilines is 1. The van der Waals surface area contributed by atoms with Gasteiger partial charge in [0.2, 0.25) is 0 Å². The summed E-state index contributed by atoms with van der Waals surface area (Å²) in [5, 5.41) is 13.1. The smallest absolute Gasteiger partial charge is 0.177 e. The van der Waals surface area contributed by atoms with Gasteiger partial charge in [-0.3, -0.25) is 0 Å². The molecular weight excluding hydrogens is 204 g/mol. The highest BCUT2D eigenvalue weighted by molar-refractivity contribution is 5.51. The summed E-state index contributed by atoms with van der Waals surface area (Å²) in [5.41, 5.74) is 0. The fourth-order valence-corrected chi connectivity index (χ4v) is 2.03. The zero-order valence-corrected chi connectivity index (χ0v) is 9.19. The third kappa shape index (κ3) is 1.82. The second-order valence-electron chi connectivity index (χ2n) is 4.45. The molecule has 86 valence electrons. The van der Waals surface area contributed by atoms with Gasteiger partial charge in [-0.05, 0) is 12.8 Å². The number of aromatic nitrogens is 2. The van der Waals surface area contributed by atoms with Gasteiger partial charge in [0.25, 0.3) is 0 Å². The molecule has 16 heavy (non-hydrogen) atoms. The Morgan fingerprint density at radius 2 is 2.06 bits per heavy atom. The van der Waals surface area contributed by atoms with Crippen LogP contribution in [0.15, 0.2) is 6.20 Å². The maximum Gasteiger partial charge on any atom is 0.177 e. The molecule has 1 aromatic heterocycles. The molecule has 1 saturated heterocycles. The number of nitrogens with one attached hydrogen (secondary N) is 1. The van der Waals surface area contributed by atoms with Crippen LogP contribution in [0.3, 0.4) is 0 Å². The minimum absolute atomic E-state index is 0.200. The van der Waals surface area contributed by atoms with Crippen LogP contribution in [0.5, 0.6) is 5.75 Å². The number of nitrogens with zero attached hydrogens (tertiary/aromatic N) is 3. The first-order chi connectivity index (χ1) is 7.84. The Kier molecular flexibility index (Phi) is 2.40. The Labute approximate surface area is 94.5 Å². The number of hydrogen-bond donors (Lipinski definition) is 2. The zero-order chi connectivity index (χ0) is 11.0. The molecule has 2 fully saturated rings. The van der Waals surface area contributed by atoms with E-state index in [1.165, 1.54) is 19.0 Å². The summed E-state index contributed by atoms with van der Waals surface area (Å²) in [6.07, 6.45) is 3.91. The topological polar surface area (TPSA) is 61.3 Å². The van der Waals surface area contributed by atoms with Gasteiger partial charge in [0.15, 0.2) is 11.6 Å². The summed E-state index contributed by atoms with van der Waals surface area (Å²) in [5.74, 6) is 2.33. The SMILES string of the molecule is Oc1cnc(C2CC2)nc1N1CCNCC1. The van der Waals surface area contributed by atoms with Crippen LogP contribution in [0.2, 0.25) is 0 Å². The van der Waals surface area contributed by atoms with E-state index >= 15 is 0 Å². The van der Waals surface area contributed by atoms with E-state index in [0.717, 1.165) is 32.0 Å². The molecule has 5 nitrogen and oxygen atoms in total. The molecule has 1 aliphatic heterocycles. The van der Waals surface area contributed by atoms with Crippen molar-refractivity contribution in [3.05, 3.63) is 12.0 Å². The lowest BCUT2D eigenvalue weighted by Crippen LogP contribution is -2.44. The minimum Gasteiger partial charge on any atom is -0.503 e. The summed E-state index contributed by atoms with van der Waals surface area (Å²) in [7, 11) is 0. The van der Waals surface area contributed by atoms with Crippen LogP contribution in [0, 0.1) is 0 Å². The van der Waals surface area contributed by atoms with Crippen molar-refractivity contribution in [3.8, 4) is 5.75 Å². The van der Waals surface area contributed by atoms with Crippen molar-refractivity contribution < 1.29 is 5.11 Å². The Hall–Kier alpha value is -1.36. The van der Waals surface area contributed by atoms with E-state index in [4.69, 9.17) is 0 Å². The maximum absolute atomic E-state index is 9.80. The molecule has 0 unspecified atom stereocenters. The highest BCUT2D eigenvalue weighted by atomic mass is 16.3. The summed E-state index contributed by atoms with van der Waals surface area (Å²) in [6.45, 7) is 3.69. The van der Waals surface area contributed by atoms with Gasteiger partial charge < -0.3 is 15.3 Å². The van der Waals surface area contributed by atoms with Crippen molar-refractivity contribution in [2.24, 2.45) is 0 Å². The molecule has 0 aromatic carbocycles. The molecule has 0 atom stereocenters. The molecular formula is C11H16N4O.